The molecule has 0 aromatic heterocycles. The molecule has 0 saturated carbocycles. The number of nitrogens with zero attached hydrogens (tertiary/aromatic N) is 1. The average molecular weight is 252 g/mol. The summed E-state index contributed by atoms with van der Waals surface area (Å²) in [4.78, 5) is 12.7. The van der Waals surface area contributed by atoms with Crippen LogP contribution in [0.3, 0.4) is 0 Å². The van der Waals surface area contributed by atoms with Crippen molar-refractivity contribution in [2.75, 3.05) is 26.2 Å². The molecule has 17 heavy (non-hydrogen) atoms. The number of alkyl halides is 3. The van der Waals surface area contributed by atoms with Crippen molar-refractivity contribution in [3.05, 3.63) is 0 Å². The van der Waals surface area contributed by atoms with E-state index in [2.05, 4.69) is 5.32 Å². The minimum atomic E-state index is -4.32. The van der Waals surface area contributed by atoms with Gasteiger partial charge >= 0.3 is 6.18 Å². The van der Waals surface area contributed by atoms with Crippen molar-refractivity contribution in [1.82, 2.24) is 10.2 Å². The topological polar surface area (TPSA) is 32.3 Å². The quantitative estimate of drug-likeness (QED) is 0.806. The lowest BCUT2D eigenvalue weighted by Crippen LogP contribution is -2.47. The molecule has 100 valence electrons. The summed E-state index contributed by atoms with van der Waals surface area (Å²) in [6, 6.07) is 0. The van der Waals surface area contributed by atoms with E-state index >= 15 is 0 Å². The molecule has 0 radical (unpaired) electrons. The van der Waals surface area contributed by atoms with Crippen LogP contribution in [0.1, 0.15) is 20.3 Å². The second-order valence-electron chi connectivity index (χ2n) is 5.01. The van der Waals surface area contributed by atoms with E-state index < -0.39 is 12.7 Å². The van der Waals surface area contributed by atoms with Gasteiger partial charge in [0, 0.05) is 13.0 Å². The smallest absolute Gasteiger partial charge is 0.333 e. The van der Waals surface area contributed by atoms with Crippen LogP contribution in [0.25, 0.3) is 0 Å². The molecule has 0 aromatic rings. The fourth-order valence-electron chi connectivity index (χ4n) is 1.78. The van der Waals surface area contributed by atoms with Crippen LogP contribution in [0.4, 0.5) is 13.2 Å². The van der Waals surface area contributed by atoms with Gasteiger partial charge < -0.3 is 10.2 Å². The Kier molecular flexibility index (Phi) is 4.80. The molecule has 1 rings (SSSR count). The molecule has 1 amide bonds. The Morgan fingerprint density at radius 1 is 1.41 bits per heavy atom. The third-order valence-corrected chi connectivity index (χ3v) is 2.64. The van der Waals surface area contributed by atoms with Crippen LogP contribution in [-0.2, 0) is 4.79 Å². The average Bonchev–Trinajstić information content (AvgIpc) is 2.06. The third-order valence-electron chi connectivity index (χ3n) is 2.64. The minimum absolute atomic E-state index is 0.0424. The molecule has 0 atom stereocenters. The van der Waals surface area contributed by atoms with E-state index in [1.165, 1.54) is 0 Å². The first-order chi connectivity index (χ1) is 7.78. The first-order valence-corrected chi connectivity index (χ1v) is 5.83. The van der Waals surface area contributed by atoms with Crippen LogP contribution >= 0.6 is 0 Å². The number of hydrogen-bond acceptors (Lipinski definition) is 2. The van der Waals surface area contributed by atoms with Crippen molar-refractivity contribution in [1.29, 1.82) is 0 Å². The Morgan fingerprint density at radius 2 is 2.00 bits per heavy atom. The maximum absolute atomic E-state index is 12.3. The third kappa shape index (κ3) is 5.39. The summed E-state index contributed by atoms with van der Waals surface area (Å²) in [5, 5.41) is 3.00. The van der Waals surface area contributed by atoms with Crippen LogP contribution in [-0.4, -0.2) is 43.2 Å². The number of carbonyl (C=O) groups excluding carboxylic acids is 1. The summed E-state index contributed by atoms with van der Waals surface area (Å²) in [6.45, 7) is 4.10. The van der Waals surface area contributed by atoms with Gasteiger partial charge in [0.25, 0.3) is 0 Å². The van der Waals surface area contributed by atoms with Crippen LogP contribution in [0.15, 0.2) is 0 Å². The zero-order chi connectivity index (χ0) is 13.1. The molecule has 0 aliphatic carbocycles. The van der Waals surface area contributed by atoms with E-state index in [9.17, 15) is 18.0 Å². The molecular formula is C11H19F3N2O. The zero-order valence-corrected chi connectivity index (χ0v) is 10.2. The van der Waals surface area contributed by atoms with Gasteiger partial charge in [0.15, 0.2) is 0 Å². The van der Waals surface area contributed by atoms with Gasteiger partial charge in [-0.05, 0) is 24.9 Å². The highest BCUT2D eigenvalue weighted by atomic mass is 19.4. The fraction of sp³-hybridized carbons (Fsp3) is 0.909. The van der Waals surface area contributed by atoms with E-state index in [1.807, 2.05) is 13.8 Å². The summed E-state index contributed by atoms with van der Waals surface area (Å²) in [5.74, 6) is -0.145. The molecule has 1 aliphatic rings. The molecule has 6 heteroatoms. The molecule has 1 heterocycles. The largest absolute Gasteiger partial charge is 0.406 e. The predicted octanol–water partition coefficient (Wildman–Crippen LogP) is 1.64. The summed E-state index contributed by atoms with van der Waals surface area (Å²) < 4.78 is 37.0. The Balaban J connectivity index is 2.50. The van der Waals surface area contributed by atoms with Gasteiger partial charge in [-0.15, -0.1) is 0 Å². The SMILES string of the molecule is CC(C)CN(CC(F)(F)F)C(=O)CC1CNC1. The number of amides is 1. The van der Waals surface area contributed by atoms with Crippen LogP contribution in [0.2, 0.25) is 0 Å². The molecule has 0 aromatic carbocycles. The lowest BCUT2D eigenvalue weighted by atomic mass is 9.98. The molecule has 3 nitrogen and oxygen atoms in total. The Hall–Kier alpha value is -0.780. The summed E-state index contributed by atoms with van der Waals surface area (Å²) >= 11 is 0. The van der Waals surface area contributed by atoms with Gasteiger partial charge in [-0.3, -0.25) is 4.79 Å². The van der Waals surface area contributed by atoms with E-state index in [-0.39, 0.29) is 30.7 Å². The molecular weight excluding hydrogens is 233 g/mol. The molecule has 0 spiro atoms. The number of nitrogens with one attached hydrogen (secondary N) is 1. The first-order valence-electron chi connectivity index (χ1n) is 5.83. The van der Waals surface area contributed by atoms with E-state index in [0.29, 0.717) is 0 Å². The van der Waals surface area contributed by atoms with Gasteiger partial charge in [-0.1, -0.05) is 13.8 Å². The van der Waals surface area contributed by atoms with Crippen molar-refractivity contribution in [3.63, 3.8) is 0 Å². The standard InChI is InChI=1S/C11H19F3N2O/c1-8(2)6-16(7-11(12,13)14)10(17)3-9-4-15-5-9/h8-9,15H,3-7H2,1-2H3. The van der Waals surface area contributed by atoms with Crippen molar-refractivity contribution in [2.45, 2.75) is 26.4 Å². The highest BCUT2D eigenvalue weighted by Crippen LogP contribution is 2.19. The lowest BCUT2D eigenvalue weighted by molar-refractivity contribution is -0.162. The highest BCUT2D eigenvalue weighted by Gasteiger charge is 2.34. The zero-order valence-electron chi connectivity index (χ0n) is 10.2. The number of hydrogen-bond donors (Lipinski definition) is 1. The molecule has 1 aliphatic heterocycles. The van der Waals surface area contributed by atoms with Crippen molar-refractivity contribution in [3.8, 4) is 0 Å². The summed E-state index contributed by atoms with van der Waals surface area (Å²) in [7, 11) is 0. The van der Waals surface area contributed by atoms with E-state index in [1.54, 1.807) is 0 Å². The Morgan fingerprint density at radius 3 is 2.35 bits per heavy atom. The van der Waals surface area contributed by atoms with Gasteiger partial charge in [0.05, 0.1) is 0 Å². The summed E-state index contributed by atoms with van der Waals surface area (Å²) in [6.07, 6.45) is -4.10. The molecule has 0 unspecified atom stereocenters. The summed E-state index contributed by atoms with van der Waals surface area (Å²) in [5.41, 5.74) is 0. The van der Waals surface area contributed by atoms with Crippen molar-refractivity contribution in [2.24, 2.45) is 11.8 Å². The fourth-order valence-corrected chi connectivity index (χ4v) is 1.78. The van der Waals surface area contributed by atoms with Gasteiger partial charge in [0.1, 0.15) is 6.54 Å². The van der Waals surface area contributed by atoms with E-state index in [4.69, 9.17) is 0 Å². The Labute approximate surface area is 99.4 Å². The van der Waals surface area contributed by atoms with Crippen LogP contribution < -0.4 is 5.32 Å². The number of carbonyl (C=O) groups is 1. The van der Waals surface area contributed by atoms with E-state index in [0.717, 1.165) is 18.0 Å². The minimum Gasteiger partial charge on any atom is -0.333 e. The van der Waals surface area contributed by atoms with Gasteiger partial charge in [-0.2, -0.15) is 13.2 Å². The number of rotatable bonds is 5. The Bertz CT molecular complexity index is 262. The van der Waals surface area contributed by atoms with Crippen LogP contribution in [0, 0.1) is 11.8 Å². The van der Waals surface area contributed by atoms with Gasteiger partial charge in [-0.25, -0.2) is 0 Å². The molecule has 1 N–H and O–H groups in total. The molecule has 0 bridgehead atoms. The molecule has 1 fully saturated rings. The van der Waals surface area contributed by atoms with Crippen molar-refractivity contribution < 1.29 is 18.0 Å². The normalized spacial score (nSPS) is 17.1. The second kappa shape index (κ2) is 5.71. The van der Waals surface area contributed by atoms with Crippen molar-refractivity contribution >= 4 is 5.91 Å². The monoisotopic (exact) mass is 252 g/mol. The second-order valence-corrected chi connectivity index (χ2v) is 5.01. The van der Waals surface area contributed by atoms with Gasteiger partial charge in [0.2, 0.25) is 5.91 Å². The van der Waals surface area contributed by atoms with Crippen LogP contribution in [0.5, 0.6) is 0 Å². The molecule has 1 saturated heterocycles. The predicted molar refractivity (Wildman–Crippen MR) is 58.4 cm³/mol. The maximum atomic E-state index is 12.3. The number of halogens is 3. The first kappa shape index (κ1) is 14.3. The lowest BCUT2D eigenvalue weighted by Gasteiger charge is -2.31. The highest BCUT2D eigenvalue weighted by molar-refractivity contribution is 5.76. The maximum Gasteiger partial charge on any atom is 0.406 e.